The van der Waals surface area contributed by atoms with Gasteiger partial charge in [0.1, 0.15) is 5.82 Å². The predicted molar refractivity (Wildman–Crippen MR) is 71.7 cm³/mol. The molecule has 1 aliphatic heterocycles. The largest absolute Gasteiger partial charge is 0.339 e. The van der Waals surface area contributed by atoms with E-state index in [1.165, 1.54) is 12.1 Å². The van der Waals surface area contributed by atoms with Crippen LogP contribution in [0.5, 0.6) is 0 Å². The quantitative estimate of drug-likeness (QED) is 0.909. The number of piperazine rings is 1. The van der Waals surface area contributed by atoms with Gasteiger partial charge in [-0.2, -0.15) is 4.98 Å². The van der Waals surface area contributed by atoms with Crippen LogP contribution in [0.3, 0.4) is 0 Å². The molecule has 106 valence electrons. The molecule has 6 heteroatoms. The van der Waals surface area contributed by atoms with Crippen LogP contribution < -0.4 is 5.32 Å². The molecule has 0 radical (unpaired) electrons. The highest BCUT2D eigenvalue weighted by molar-refractivity contribution is 5.19. The van der Waals surface area contributed by atoms with Gasteiger partial charge in [-0.15, -0.1) is 0 Å². The Morgan fingerprint density at radius 2 is 2.15 bits per heavy atom. The SMILES string of the molecule is Fc1cccc(Cc2nc(CN3CCNCC3)no2)c1. The van der Waals surface area contributed by atoms with Crippen LogP contribution in [0.15, 0.2) is 28.8 Å². The number of benzene rings is 1. The van der Waals surface area contributed by atoms with Gasteiger partial charge in [-0.1, -0.05) is 17.3 Å². The molecule has 0 atom stereocenters. The maximum atomic E-state index is 13.1. The van der Waals surface area contributed by atoms with Crippen LogP contribution in [0.4, 0.5) is 4.39 Å². The van der Waals surface area contributed by atoms with Crippen molar-refractivity contribution >= 4 is 0 Å². The lowest BCUT2D eigenvalue weighted by Gasteiger charge is -2.25. The highest BCUT2D eigenvalue weighted by atomic mass is 19.1. The first-order valence-electron chi connectivity index (χ1n) is 6.78. The average molecular weight is 276 g/mol. The molecule has 1 aromatic heterocycles. The van der Waals surface area contributed by atoms with Gasteiger partial charge < -0.3 is 9.84 Å². The fraction of sp³-hybridized carbons (Fsp3) is 0.429. The molecule has 1 aliphatic rings. The minimum absolute atomic E-state index is 0.247. The highest BCUT2D eigenvalue weighted by Crippen LogP contribution is 2.10. The molecule has 1 saturated heterocycles. The molecule has 0 amide bonds. The Kier molecular flexibility index (Phi) is 4.03. The molecule has 0 bridgehead atoms. The summed E-state index contributed by atoms with van der Waals surface area (Å²) in [6.45, 7) is 4.68. The maximum Gasteiger partial charge on any atom is 0.231 e. The average Bonchev–Trinajstić information content (AvgIpc) is 2.87. The van der Waals surface area contributed by atoms with Gasteiger partial charge in [0.25, 0.3) is 0 Å². The second-order valence-electron chi connectivity index (χ2n) is 4.94. The molecule has 0 spiro atoms. The number of rotatable bonds is 4. The lowest BCUT2D eigenvalue weighted by molar-refractivity contribution is 0.224. The summed E-state index contributed by atoms with van der Waals surface area (Å²) in [6.07, 6.45) is 0.465. The van der Waals surface area contributed by atoms with Crippen molar-refractivity contribution in [3.63, 3.8) is 0 Å². The third-order valence-corrected chi connectivity index (χ3v) is 3.33. The van der Waals surface area contributed by atoms with E-state index < -0.39 is 0 Å². The Balaban J connectivity index is 1.61. The van der Waals surface area contributed by atoms with Gasteiger partial charge >= 0.3 is 0 Å². The zero-order valence-electron chi connectivity index (χ0n) is 11.2. The summed E-state index contributed by atoms with van der Waals surface area (Å²) in [6, 6.07) is 6.44. The number of halogens is 1. The van der Waals surface area contributed by atoms with Crippen molar-refractivity contribution in [2.45, 2.75) is 13.0 Å². The maximum absolute atomic E-state index is 13.1. The van der Waals surface area contributed by atoms with Crippen molar-refractivity contribution < 1.29 is 8.91 Å². The fourth-order valence-corrected chi connectivity index (χ4v) is 2.32. The van der Waals surface area contributed by atoms with Crippen LogP contribution in [0.1, 0.15) is 17.3 Å². The van der Waals surface area contributed by atoms with E-state index in [4.69, 9.17) is 4.52 Å². The van der Waals surface area contributed by atoms with Crippen LogP contribution in [0, 0.1) is 5.82 Å². The second kappa shape index (κ2) is 6.11. The summed E-state index contributed by atoms with van der Waals surface area (Å²) >= 11 is 0. The zero-order valence-corrected chi connectivity index (χ0v) is 11.2. The van der Waals surface area contributed by atoms with Gasteiger partial charge in [-0.25, -0.2) is 4.39 Å². The Hall–Kier alpha value is -1.79. The molecule has 0 unspecified atom stereocenters. The van der Waals surface area contributed by atoms with Gasteiger partial charge in [0, 0.05) is 26.2 Å². The number of nitrogens with zero attached hydrogens (tertiary/aromatic N) is 3. The Morgan fingerprint density at radius 1 is 1.30 bits per heavy atom. The van der Waals surface area contributed by atoms with Crippen LogP contribution in [-0.2, 0) is 13.0 Å². The standard InChI is InChI=1S/C14H17FN4O/c15-12-3-1-2-11(8-12)9-14-17-13(18-20-14)10-19-6-4-16-5-7-19/h1-3,8,16H,4-7,9-10H2. The predicted octanol–water partition coefficient (Wildman–Crippen LogP) is 1.20. The molecule has 0 saturated carbocycles. The van der Waals surface area contributed by atoms with Crippen molar-refractivity contribution in [3.05, 3.63) is 47.4 Å². The van der Waals surface area contributed by atoms with Crippen molar-refractivity contribution in [1.29, 1.82) is 0 Å². The van der Waals surface area contributed by atoms with Crippen LogP contribution in [0.25, 0.3) is 0 Å². The van der Waals surface area contributed by atoms with Gasteiger partial charge in [0.2, 0.25) is 5.89 Å². The van der Waals surface area contributed by atoms with E-state index in [1.54, 1.807) is 6.07 Å². The van der Waals surface area contributed by atoms with E-state index in [9.17, 15) is 4.39 Å². The van der Waals surface area contributed by atoms with Crippen LogP contribution in [-0.4, -0.2) is 41.2 Å². The van der Waals surface area contributed by atoms with Crippen molar-refractivity contribution in [2.24, 2.45) is 0 Å². The third kappa shape index (κ3) is 3.40. The first-order valence-corrected chi connectivity index (χ1v) is 6.78. The number of hydrogen-bond donors (Lipinski definition) is 1. The highest BCUT2D eigenvalue weighted by Gasteiger charge is 2.14. The molecule has 2 heterocycles. The molecule has 1 aromatic carbocycles. The normalized spacial score (nSPS) is 16.4. The Bertz CT molecular complexity index is 566. The lowest BCUT2D eigenvalue weighted by atomic mass is 10.1. The molecule has 1 fully saturated rings. The van der Waals surface area contributed by atoms with E-state index in [2.05, 4.69) is 20.4 Å². The van der Waals surface area contributed by atoms with E-state index in [0.29, 0.717) is 24.7 Å². The summed E-state index contributed by atoms with van der Waals surface area (Å²) in [5.74, 6) is 0.974. The minimum Gasteiger partial charge on any atom is -0.339 e. The van der Waals surface area contributed by atoms with Crippen molar-refractivity contribution in [3.8, 4) is 0 Å². The number of hydrogen-bond acceptors (Lipinski definition) is 5. The summed E-state index contributed by atoms with van der Waals surface area (Å²) in [5, 5.41) is 7.29. The summed E-state index contributed by atoms with van der Waals surface area (Å²) < 4.78 is 18.3. The first-order chi connectivity index (χ1) is 9.79. The van der Waals surface area contributed by atoms with E-state index in [1.807, 2.05) is 6.07 Å². The second-order valence-corrected chi connectivity index (χ2v) is 4.94. The minimum atomic E-state index is -0.247. The Labute approximate surface area is 116 Å². The third-order valence-electron chi connectivity index (χ3n) is 3.33. The fourth-order valence-electron chi connectivity index (χ4n) is 2.32. The molecule has 20 heavy (non-hydrogen) atoms. The molecule has 0 aliphatic carbocycles. The van der Waals surface area contributed by atoms with Crippen molar-refractivity contribution in [2.75, 3.05) is 26.2 Å². The van der Waals surface area contributed by atoms with E-state index >= 15 is 0 Å². The molecular formula is C14H17FN4O. The van der Waals surface area contributed by atoms with E-state index in [0.717, 1.165) is 31.7 Å². The number of nitrogens with one attached hydrogen (secondary N) is 1. The van der Waals surface area contributed by atoms with Gasteiger partial charge in [0.05, 0.1) is 13.0 Å². The van der Waals surface area contributed by atoms with Gasteiger partial charge in [-0.3, -0.25) is 4.90 Å². The molecule has 2 aromatic rings. The molecule has 5 nitrogen and oxygen atoms in total. The van der Waals surface area contributed by atoms with E-state index in [-0.39, 0.29) is 5.82 Å². The smallest absolute Gasteiger partial charge is 0.231 e. The van der Waals surface area contributed by atoms with Gasteiger partial charge in [0.15, 0.2) is 5.82 Å². The zero-order chi connectivity index (χ0) is 13.8. The first kappa shape index (κ1) is 13.2. The van der Waals surface area contributed by atoms with Crippen LogP contribution >= 0.6 is 0 Å². The summed E-state index contributed by atoms with van der Waals surface area (Å²) in [5.41, 5.74) is 0.836. The molecular weight excluding hydrogens is 259 g/mol. The topological polar surface area (TPSA) is 54.2 Å². The molecule has 3 rings (SSSR count). The summed E-state index contributed by atoms with van der Waals surface area (Å²) in [7, 11) is 0. The van der Waals surface area contributed by atoms with Crippen molar-refractivity contribution in [1.82, 2.24) is 20.4 Å². The number of aromatic nitrogens is 2. The van der Waals surface area contributed by atoms with Gasteiger partial charge in [-0.05, 0) is 17.7 Å². The summed E-state index contributed by atoms with van der Waals surface area (Å²) in [4.78, 5) is 6.65. The Morgan fingerprint density at radius 3 is 2.95 bits per heavy atom. The molecule has 1 N–H and O–H groups in total. The monoisotopic (exact) mass is 276 g/mol. The van der Waals surface area contributed by atoms with Crippen LogP contribution in [0.2, 0.25) is 0 Å². The lowest BCUT2D eigenvalue weighted by Crippen LogP contribution is -2.43.